The van der Waals surface area contributed by atoms with E-state index in [0.29, 0.717) is 0 Å². The second kappa shape index (κ2) is 3.84. The van der Waals surface area contributed by atoms with Crippen LogP contribution in [-0.2, 0) is 12.8 Å². The molecule has 2 heterocycles. The first-order valence-electron chi connectivity index (χ1n) is 4.71. The summed E-state index contributed by atoms with van der Waals surface area (Å²) in [7, 11) is 0. The molecule has 2 aromatic heterocycles. The number of aryl methyl sites for hydroxylation is 2. The number of imidazole rings is 1. The molecule has 0 atom stereocenters. The van der Waals surface area contributed by atoms with E-state index in [1.165, 1.54) is 22.5 Å². The standard InChI is InChI=1S/C9H11N4.Sn/c1-3-6-8-9(11-5-10-8)13-7(4-2)12-6;/h3-4H2,1-2H3,(H,10,11,12,13);. The Morgan fingerprint density at radius 2 is 1.93 bits per heavy atom. The van der Waals surface area contributed by atoms with E-state index >= 15 is 0 Å². The topological polar surface area (TPSA) is 54.5 Å². The van der Waals surface area contributed by atoms with Crippen molar-refractivity contribution >= 4 is 37.5 Å². The average Bonchev–Trinajstić information content (AvgIpc) is 2.56. The zero-order valence-electron chi connectivity index (χ0n) is 8.26. The van der Waals surface area contributed by atoms with Crippen LogP contribution in [0.1, 0.15) is 25.4 Å². The third kappa shape index (κ3) is 1.62. The molecule has 3 radical (unpaired) electrons. The molecule has 0 spiro atoms. The Bertz CT molecular complexity index is 463. The van der Waals surface area contributed by atoms with Crippen molar-refractivity contribution in [2.45, 2.75) is 26.7 Å². The molecule has 0 aliphatic carbocycles. The normalized spacial score (nSPS) is 11.1. The summed E-state index contributed by atoms with van der Waals surface area (Å²) in [5.41, 5.74) is 2.91. The number of H-pyrrole nitrogens is 1. The van der Waals surface area contributed by atoms with Crippen LogP contribution in [0.2, 0.25) is 0 Å². The van der Waals surface area contributed by atoms with Crippen molar-refractivity contribution in [2.24, 2.45) is 0 Å². The van der Waals surface area contributed by atoms with Gasteiger partial charge in [-0.15, -0.1) is 0 Å². The molecule has 14 heavy (non-hydrogen) atoms. The summed E-state index contributed by atoms with van der Waals surface area (Å²) >= 11 is 1.28. The van der Waals surface area contributed by atoms with Crippen LogP contribution in [0.15, 0.2) is 0 Å². The van der Waals surface area contributed by atoms with Crippen LogP contribution < -0.4 is 3.84 Å². The van der Waals surface area contributed by atoms with E-state index in [2.05, 4.69) is 33.8 Å². The molecule has 0 saturated carbocycles. The third-order valence-corrected chi connectivity index (χ3v) is 2.80. The van der Waals surface area contributed by atoms with Crippen molar-refractivity contribution in [3.8, 4) is 0 Å². The number of hydrogen-bond donors (Lipinski definition) is 1. The Kier molecular flexibility index (Phi) is 2.71. The maximum atomic E-state index is 4.48. The summed E-state index contributed by atoms with van der Waals surface area (Å²) in [6, 6.07) is 0. The quantitative estimate of drug-likeness (QED) is 0.809. The van der Waals surface area contributed by atoms with Gasteiger partial charge >= 0.3 is 95.7 Å². The number of hydrogen-bond acceptors (Lipinski definition) is 3. The molecule has 0 amide bonds. The summed E-state index contributed by atoms with van der Waals surface area (Å²) in [4.78, 5) is 16.5. The predicted molar refractivity (Wildman–Crippen MR) is 55.8 cm³/mol. The van der Waals surface area contributed by atoms with Crippen LogP contribution in [0, 0.1) is 0 Å². The van der Waals surface area contributed by atoms with Crippen LogP contribution in [0.4, 0.5) is 0 Å². The molecular formula is C9H11N4Sn. The SMILES string of the molecule is CCc1nc(CC)c2[nH][c]([Sn])nc2n1. The number of nitrogens with zero attached hydrogens (tertiary/aromatic N) is 3. The molecule has 0 saturated heterocycles. The van der Waals surface area contributed by atoms with Gasteiger partial charge in [-0.1, -0.05) is 0 Å². The zero-order valence-corrected chi connectivity index (χ0v) is 11.1. The minimum atomic E-state index is 0.820. The molecule has 4 nitrogen and oxygen atoms in total. The molecule has 0 fully saturated rings. The molecule has 2 aromatic rings. The third-order valence-electron chi connectivity index (χ3n) is 2.12. The summed E-state index contributed by atoms with van der Waals surface area (Å²) in [6.07, 6.45) is 1.78. The Morgan fingerprint density at radius 3 is 2.57 bits per heavy atom. The number of fused-ring (bicyclic) bond motifs is 1. The van der Waals surface area contributed by atoms with Crippen molar-refractivity contribution in [1.29, 1.82) is 0 Å². The van der Waals surface area contributed by atoms with E-state index < -0.39 is 0 Å². The summed E-state index contributed by atoms with van der Waals surface area (Å²) in [5, 5.41) is 0. The first-order valence-corrected chi connectivity index (χ1v) is 6.14. The van der Waals surface area contributed by atoms with Crippen LogP contribution in [0.25, 0.3) is 11.2 Å². The molecule has 71 valence electrons. The molecule has 1 N–H and O–H groups in total. The Hall–Kier alpha value is -0.651. The van der Waals surface area contributed by atoms with Crippen molar-refractivity contribution in [1.82, 2.24) is 19.9 Å². The minimum absolute atomic E-state index is 0.820. The number of nitrogens with one attached hydrogen (secondary N) is 1. The van der Waals surface area contributed by atoms with E-state index in [1.54, 1.807) is 0 Å². The number of aromatic amines is 1. The van der Waals surface area contributed by atoms with Gasteiger partial charge in [0.25, 0.3) is 0 Å². The second-order valence-electron chi connectivity index (χ2n) is 3.08. The van der Waals surface area contributed by atoms with Crippen LogP contribution in [-0.4, -0.2) is 42.5 Å². The van der Waals surface area contributed by atoms with E-state index in [1.807, 2.05) is 0 Å². The zero-order chi connectivity index (χ0) is 10.1. The van der Waals surface area contributed by atoms with Gasteiger partial charge < -0.3 is 0 Å². The monoisotopic (exact) mass is 295 g/mol. The van der Waals surface area contributed by atoms with Crippen molar-refractivity contribution in [3.05, 3.63) is 11.5 Å². The molecule has 0 aromatic carbocycles. The Labute approximate surface area is 95.6 Å². The number of aromatic nitrogens is 4. The summed E-state index contributed by atoms with van der Waals surface area (Å²) in [5.74, 6) is 0.886. The number of rotatable bonds is 2. The van der Waals surface area contributed by atoms with Crippen molar-refractivity contribution < 1.29 is 0 Å². The predicted octanol–water partition coefficient (Wildman–Crippen LogP) is 0.271. The van der Waals surface area contributed by atoms with Gasteiger partial charge in [-0.05, 0) is 0 Å². The Morgan fingerprint density at radius 1 is 1.14 bits per heavy atom. The molecule has 0 aliphatic rings. The fraction of sp³-hybridized carbons (Fsp3) is 0.444. The van der Waals surface area contributed by atoms with E-state index in [4.69, 9.17) is 0 Å². The van der Waals surface area contributed by atoms with Crippen LogP contribution >= 0.6 is 0 Å². The molecule has 0 unspecified atom stereocenters. The molecular weight excluding hydrogens is 283 g/mol. The van der Waals surface area contributed by atoms with Gasteiger partial charge in [0.15, 0.2) is 0 Å². The molecule has 0 aliphatic heterocycles. The second-order valence-corrected chi connectivity index (χ2v) is 4.43. The van der Waals surface area contributed by atoms with Gasteiger partial charge in [-0.25, -0.2) is 0 Å². The average molecular weight is 294 g/mol. The Balaban J connectivity index is 2.72. The van der Waals surface area contributed by atoms with E-state index in [-0.39, 0.29) is 0 Å². The van der Waals surface area contributed by atoms with Crippen molar-refractivity contribution in [2.75, 3.05) is 0 Å². The molecule has 2 rings (SSSR count). The first-order chi connectivity index (χ1) is 6.74. The fourth-order valence-electron chi connectivity index (χ4n) is 1.42. The van der Waals surface area contributed by atoms with Gasteiger partial charge in [0.05, 0.1) is 0 Å². The first kappa shape index (κ1) is 9.89. The summed E-state index contributed by atoms with van der Waals surface area (Å²) in [6.45, 7) is 4.16. The summed E-state index contributed by atoms with van der Waals surface area (Å²) < 4.78 is 0.990. The van der Waals surface area contributed by atoms with Gasteiger partial charge in [0, 0.05) is 0 Å². The van der Waals surface area contributed by atoms with E-state index in [0.717, 1.165) is 39.4 Å². The van der Waals surface area contributed by atoms with E-state index in [9.17, 15) is 0 Å². The molecule has 5 heteroatoms. The van der Waals surface area contributed by atoms with Crippen LogP contribution in [0.3, 0.4) is 0 Å². The maximum absolute atomic E-state index is 4.48. The van der Waals surface area contributed by atoms with Crippen molar-refractivity contribution in [3.63, 3.8) is 0 Å². The molecule has 0 bridgehead atoms. The fourth-order valence-corrected chi connectivity index (χ4v) is 2.08. The van der Waals surface area contributed by atoms with Gasteiger partial charge in [-0.2, -0.15) is 0 Å². The van der Waals surface area contributed by atoms with Gasteiger partial charge in [0.2, 0.25) is 0 Å². The van der Waals surface area contributed by atoms with Crippen LogP contribution in [0.5, 0.6) is 0 Å². The van der Waals surface area contributed by atoms with Gasteiger partial charge in [-0.3, -0.25) is 0 Å². The van der Waals surface area contributed by atoms with Gasteiger partial charge in [0.1, 0.15) is 0 Å².